The zero-order valence-electron chi connectivity index (χ0n) is 12.8. The molecule has 3 rings (SSSR count). The van der Waals surface area contributed by atoms with Crippen LogP contribution in [0.4, 0.5) is 0 Å². The molecule has 2 aliphatic heterocycles. The van der Waals surface area contributed by atoms with E-state index < -0.39 is 10.0 Å². The maximum Gasteiger partial charge on any atom is 0.211 e. The minimum Gasteiger partial charge on any atom is -0.311 e. The fourth-order valence-electron chi connectivity index (χ4n) is 3.31. The largest absolute Gasteiger partial charge is 0.311 e. The standard InChI is InChI=1S/C14H23N3O2S2/c1-10(2)13-16-12-11(20-13)8-15-9-14(12)4-6-17(7-5-14)21(3,18)19/h10,15H,4-9H2,1-3H3. The van der Waals surface area contributed by atoms with Gasteiger partial charge >= 0.3 is 0 Å². The second kappa shape index (κ2) is 5.30. The van der Waals surface area contributed by atoms with Crippen LogP contribution in [0, 0.1) is 0 Å². The van der Waals surface area contributed by atoms with E-state index in [1.807, 2.05) is 11.3 Å². The molecule has 0 radical (unpaired) electrons. The summed E-state index contributed by atoms with van der Waals surface area (Å²) in [4.78, 5) is 6.27. The average Bonchev–Trinajstić information content (AvgIpc) is 2.84. The van der Waals surface area contributed by atoms with Gasteiger partial charge in [-0.2, -0.15) is 0 Å². The van der Waals surface area contributed by atoms with Crippen molar-refractivity contribution < 1.29 is 8.42 Å². The van der Waals surface area contributed by atoms with Crippen LogP contribution in [0.25, 0.3) is 0 Å². The van der Waals surface area contributed by atoms with Gasteiger partial charge in [0, 0.05) is 42.4 Å². The molecule has 0 atom stereocenters. The normalized spacial score (nSPS) is 22.7. The van der Waals surface area contributed by atoms with Crippen molar-refractivity contribution in [3.8, 4) is 0 Å². The number of sulfonamides is 1. The quantitative estimate of drug-likeness (QED) is 0.896. The van der Waals surface area contributed by atoms with Crippen molar-refractivity contribution >= 4 is 21.4 Å². The van der Waals surface area contributed by atoms with Crippen LogP contribution < -0.4 is 5.32 Å². The predicted octanol–water partition coefficient (Wildman–Crippen LogP) is 1.66. The Balaban J connectivity index is 1.89. The highest BCUT2D eigenvalue weighted by molar-refractivity contribution is 7.88. The van der Waals surface area contributed by atoms with E-state index in [4.69, 9.17) is 4.98 Å². The second-order valence-corrected chi connectivity index (χ2v) is 9.62. The van der Waals surface area contributed by atoms with Crippen molar-refractivity contribution in [3.05, 3.63) is 15.6 Å². The van der Waals surface area contributed by atoms with Crippen LogP contribution in [-0.4, -0.2) is 43.6 Å². The molecule has 2 aliphatic rings. The Morgan fingerprint density at radius 1 is 1.33 bits per heavy atom. The Morgan fingerprint density at radius 2 is 2.00 bits per heavy atom. The first-order valence-electron chi connectivity index (χ1n) is 7.48. The van der Waals surface area contributed by atoms with Crippen molar-refractivity contribution in [2.45, 2.75) is 44.6 Å². The van der Waals surface area contributed by atoms with Gasteiger partial charge in [0.1, 0.15) is 0 Å². The number of piperidine rings is 1. The Bertz CT molecular complexity index is 629. The zero-order valence-corrected chi connectivity index (χ0v) is 14.5. The van der Waals surface area contributed by atoms with Gasteiger partial charge in [0.25, 0.3) is 0 Å². The highest BCUT2D eigenvalue weighted by Crippen LogP contribution is 2.42. The van der Waals surface area contributed by atoms with Gasteiger partial charge in [-0.25, -0.2) is 17.7 Å². The van der Waals surface area contributed by atoms with Gasteiger partial charge in [-0.3, -0.25) is 0 Å². The second-order valence-electron chi connectivity index (χ2n) is 6.52. The van der Waals surface area contributed by atoms with Crippen LogP contribution in [0.5, 0.6) is 0 Å². The van der Waals surface area contributed by atoms with E-state index in [0.717, 1.165) is 25.9 Å². The summed E-state index contributed by atoms with van der Waals surface area (Å²) in [6, 6.07) is 0. The van der Waals surface area contributed by atoms with Gasteiger partial charge < -0.3 is 5.32 Å². The minimum absolute atomic E-state index is 0.0262. The summed E-state index contributed by atoms with van der Waals surface area (Å²) in [6.45, 7) is 7.38. The lowest BCUT2D eigenvalue weighted by molar-refractivity contribution is 0.213. The lowest BCUT2D eigenvalue weighted by Crippen LogP contribution is -2.51. The number of rotatable bonds is 2. The molecule has 1 aromatic rings. The molecule has 0 unspecified atom stereocenters. The topological polar surface area (TPSA) is 62.3 Å². The maximum absolute atomic E-state index is 11.7. The first-order chi connectivity index (χ1) is 9.82. The van der Waals surface area contributed by atoms with E-state index in [1.54, 1.807) is 4.31 Å². The lowest BCUT2D eigenvalue weighted by atomic mass is 9.74. The highest BCUT2D eigenvalue weighted by atomic mass is 32.2. The molecule has 0 amide bonds. The van der Waals surface area contributed by atoms with E-state index in [-0.39, 0.29) is 5.41 Å². The monoisotopic (exact) mass is 329 g/mol. The number of thiazole rings is 1. The van der Waals surface area contributed by atoms with Crippen LogP contribution >= 0.6 is 11.3 Å². The molecule has 0 bridgehead atoms. The Morgan fingerprint density at radius 3 is 2.57 bits per heavy atom. The SMILES string of the molecule is CC(C)c1nc2c(s1)CNCC21CCN(S(C)(=O)=O)CC1. The van der Waals surface area contributed by atoms with Crippen LogP contribution in [-0.2, 0) is 22.0 Å². The molecule has 7 heteroatoms. The van der Waals surface area contributed by atoms with Gasteiger partial charge in [0.15, 0.2) is 0 Å². The maximum atomic E-state index is 11.7. The highest BCUT2D eigenvalue weighted by Gasteiger charge is 2.43. The molecule has 0 aromatic carbocycles. The summed E-state index contributed by atoms with van der Waals surface area (Å²) in [7, 11) is -3.07. The van der Waals surface area contributed by atoms with Crippen molar-refractivity contribution in [1.29, 1.82) is 0 Å². The Labute approximate surface area is 130 Å². The number of aromatic nitrogens is 1. The van der Waals surface area contributed by atoms with Gasteiger partial charge in [-0.1, -0.05) is 13.8 Å². The molecule has 1 N–H and O–H groups in total. The zero-order chi connectivity index (χ0) is 15.3. The smallest absolute Gasteiger partial charge is 0.211 e. The van der Waals surface area contributed by atoms with E-state index in [0.29, 0.717) is 19.0 Å². The number of hydrogen-bond acceptors (Lipinski definition) is 5. The fourth-order valence-corrected chi connectivity index (χ4v) is 5.31. The summed E-state index contributed by atoms with van der Waals surface area (Å²) in [5.41, 5.74) is 1.27. The van der Waals surface area contributed by atoms with Crippen LogP contribution in [0.3, 0.4) is 0 Å². The van der Waals surface area contributed by atoms with Gasteiger partial charge in [0.2, 0.25) is 10.0 Å². The molecule has 1 saturated heterocycles. The average molecular weight is 329 g/mol. The number of nitrogens with one attached hydrogen (secondary N) is 1. The number of nitrogens with zero attached hydrogens (tertiary/aromatic N) is 2. The summed E-state index contributed by atoms with van der Waals surface area (Å²) < 4.78 is 25.0. The van der Waals surface area contributed by atoms with Crippen LogP contribution in [0.2, 0.25) is 0 Å². The summed E-state index contributed by atoms with van der Waals surface area (Å²) in [5, 5.41) is 4.71. The summed E-state index contributed by atoms with van der Waals surface area (Å²) >= 11 is 1.81. The summed E-state index contributed by atoms with van der Waals surface area (Å²) in [6.07, 6.45) is 3.03. The van der Waals surface area contributed by atoms with Crippen LogP contribution in [0.15, 0.2) is 0 Å². The Hall–Kier alpha value is -0.500. The molecule has 21 heavy (non-hydrogen) atoms. The molecule has 1 aromatic heterocycles. The third kappa shape index (κ3) is 2.76. The van der Waals surface area contributed by atoms with Crippen molar-refractivity contribution in [1.82, 2.24) is 14.6 Å². The van der Waals surface area contributed by atoms with Crippen molar-refractivity contribution in [3.63, 3.8) is 0 Å². The van der Waals surface area contributed by atoms with E-state index >= 15 is 0 Å². The third-order valence-electron chi connectivity index (χ3n) is 4.61. The van der Waals surface area contributed by atoms with Gasteiger partial charge in [-0.05, 0) is 12.8 Å². The molecule has 0 saturated carbocycles. The molecular formula is C14H23N3O2S2. The predicted molar refractivity (Wildman–Crippen MR) is 85.2 cm³/mol. The number of hydrogen-bond donors (Lipinski definition) is 1. The van der Waals surface area contributed by atoms with Crippen LogP contribution in [0.1, 0.15) is 48.2 Å². The minimum atomic E-state index is -3.07. The van der Waals surface area contributed by atoms with Crippen molar-refractivity contribution in [2.24, 2.45) is 0 Å². The molecule has 1 fully saturated rings. The summed E-state index contributed by atoms with van der Waals surface area (Å²) in [5.74, 6) is 0.453. The van der Waals surface area contributed by atoms with E-state index in [1.165, 1.54) is 21.8 Å². The van der Waals surface area contributed by atoms with E-state index in [2.05, 4.69) is 19.2 Å². The Kier molecular flexibility index (Phi) is 3.88. The lowest BCUT2D eigenvalue weighted by Gasteiger charge is -2.42. The molecule has 5 nitrogen and oxygen atoms in total. The molecule has 3 heterocycles. The third-order valence-corrected chi connectivity index (χ3v) is 7.27. The molecular weight excluding hydrogens is 306 g/mol. The van der Waals surface area contributed by atoms with Gasteiger partial charge in [0.05, 0.1) is 17.0 Å². The molecule has 118 valence electrons. The number of fused-ring (bicyclic) bond motifs is 2. The first kappa shape index (κ1) is 15.4. The fraction of sp³-hybridized carbons (Fsp3) is 0.786. The van der Waals surface area contributed by atoms with E-state index in [9.17, 15) is 8.42 Å². The molecule has 1 spiro atoms. The van der Waals surface area contributed by atoms with Crippen molar-refractivity contribution in [2.75, 3.05) is 25.9 Å². The molecule has 0 aliphatic carbocycles. The first-order valence-corrected chi connectivity index (χ1v) is 10.1. The van der Waals surface area contributed by atoms with Gasteiger partial charge in [-0.15, -0.1) is 11.3 Å².